The van der Waals surface area contributed by atoms with Gasteiger partial charge in [0.25, 0.3) is 5.91 Å². The topological polar surface area (TPSA) is 102 Å². The standard InChI is InChI=1S/C25H24N2O6S/c1-2-32-25(29)19-12-14-20(15-13-19)26-24(28)23-16-27(21-10-6-7-11-22(21)33-23)34(30,31)17-18-8-4-3-5-9-18/h3-15,23H,2,16-17H2,1H3,(H,26,28). The predicted octanol–water partition coefficient (Wildman–Crippen LogP) is 3.60. The summed E-state index contributed by atoms with van der Waals surface area (Å²) in [6, 6.07) is 21.8. The van der Waals surface area contributed by atoms with E-state index in [0.717, 1.165) is 0 Å². The summed E-state index contributed by atoms with van der Waals surface area (Å²) in [6.07, 6.45) is -1.06. The first kappa shape index (κ1) is 23.3. The molecule has 0 aliphatic carbocycles. The summed E-state index contributed by atoms with van der Waals surface area (Å²) >= 11 is 0. The number of rotatable bonds is 7. The van der Waals surface area contributed by atoms with Crippen molar-refractivity contribution in [3.8, 4) is 5.75 Å². The normalized spacial score (nSPS) is 15.1. The van der Waals surface area contributed by atoms with E-state index in [9.17, 15) is 18.0 Å². The zero-order valence-electron chi connectivity index (χ0n) is 18.5. The Morgan fingerprint density at radius 1 is 1.00 bits per heavy atom. The van der Waals surface area contributed by atoms with Crippen LogP contribution >= 0.6 is 0 Å². The number of nitrogens with one attached hydrogen (secondary N) is 1. The molecule has 1 heterocycles. The molecule has 0 saturated carbocycles. The molecule has 1 unspecified atom stereocenters. The number of carbonyl (C=O) groups excluding carboxylic acids is 2. The molecular weight excluding hydrogens is 456 g/mol. The summed E-state index contributed by atoms with van der Waals surface area (Å²) in [5.74, 6) is -0.848. The Balaban J connectivity index is 1.53. The molecular formula is C25H24N2O6S. The molecule has 1 amide bonds. The highest BCUT2D eigenvalue weighted by Crippen LogP contribution is 2.36. The zero-order chi connectivity index (χ0) is 24.1. The van der Waals surface area contributed by atoms with Crippen LogP contribution in [-0.4, -0.2) is 39.5 Å². The van der Waals surface area contributed by atoms with Crippen LogP contribution in [0.3, 0.4) is 0 Å². The Hall–Kier alpha value is -3.85. The van der Waals surface area contributed by atoms with E-state index in [2.05, 4.69) is 5.32 Å². The van der Waals surface area contributed by atoms with Crippen molar-refractivity contribution in [3.05, 3.63) is 90.0 Å². The van der Waals surface area contributed by atoms with Gasteiger partial charge in [-0.15, -0.1) is 0 Å². The molecule has 4 rings (SSSR count). The van der Waals surface area contributed by atoms with Gasteiger partial charge in [0, 0.05) is 5.69 Å². The average Bonchev–Trinajstić information content (AvgIpc) is 2.84. The van der Waals surface area contributed by atoms with Crippen LogP contribution < -0.4 is 14.4 Å². The van der Waals surface area contributed by atoms with Gasteiger partial charge in [-0.05, 0) is 48.9 Å². The number of sulfonamides is 1. The fourth-order valence-corrected chi connectivity index (χ4v) is 5.17. The van der Waals surface area contributed by atoms with Gasteiger partial charge in [-0.25, -0.2) is 13.2 Å². The molecule has 0 bridgehead atoms. The van der Waals surface area contributed by atoms with Gasteiger partial charge < -0.3 is 14.8 Å². The maximum absolute atomic E-state index is 13.3. The lowest BCUT2D eigenvalue weighted by molar-refractivity contribution is -0.122. The molecule has 1 aliphatic rings. The first-order valence-corrected chi connectivity index (χ1v) is 12.4. The van der Waals surface area contributed by atoms with Crippen LogP contribution in [0.4, 0.5) is 11.4 Å². The number of ether oxygens (including phenoxy) is 2. The Bertz CT molecular complexity index is 1280. The highest BCUT2D eigenvalue weighted by molar-refractivity contribution is 7.92. The molecule has 8 nitrogen and oxygen atoms in total. The molecule has 1 atom stereocenters. The van der Waals surface area contributed by atoms with Crippen molar-refractivity contribution in [3.63, 3.8) is 0 Å². The van der Waals surface area contributed by atoms with Crippen LogP contribution in [0.5, 0.6) is 5.75 Å². The van der Waals surface area contributed by atoms with E-state index in [1.807, 2.05) is 6.07 Å². The van der Waals surface area contributed by atoms with Crippen molar-refractivity contribution in [1.82, 2.24) is 0 Å². The Morgan fingerprint density at radius 3 is 2.38 bits per heavy atom. The maximum Gasteiger partial charge on any atom is 0.338 e. The summed E-state index contributed by atoms with van der Waals surface area (Å²) in [6.45, 7) is 1.82. The fourth-order valence-electron chi connectivity index (χ4n) is 3.59. The number of amides is 1. The van der Waals surface area contributed by atoms with E-state index < -0.39 is 28.0 Å². The average molecular weight is 481 g/mol. The molecule has 176 valence electrons. The maximum atomic E-state index is 13.3. The number of carbonyl (C=O) groups is 2. The summed E-state index contributed by atoms with van der Waals surface area (Å²) < 4.78 is 38.6. The molecule has 9 heteroatoms. The highest BCUT2D eigenvalue weighted by Gasteiger charge is 2.36. The van der Waals surface area contributed by atoms with Gasteiger partial charge in [-0.1, -0.05) is 42.5 Å². The minimum absolute atomic E-state index is 0.168. The minimum Gasteiger partial charge on any atom is -0.476 e. The molecule has 0 saturated heterocycles. The van der Waals surface area contributed by atoms with E-state index in [4.69, 9.17) is 9.47 Å². The molecule has 34 heavy (non-hydrogen) atoms. The third kappa shape index (κ3) is 5.20. The Kier molecular flexibility index (Phi) is 6.83. The summed E-state index contributed by atoms with van der Waals surface area (Å²) in [7, 11) is -3.79. The van der Waals surface area contributed by atoms with Gasteiger partial charge in [-0.2, -0.15) is 0 Å². The van der Waals surface area contributed by atoms with Crippen LogP contribution in [0.2, 0.25) is 0 Å². The van der Waals surface area contributed by atoms with Crippen molar-refractivity contribution in [2.45, 2.75) is 18.8 Å². The SMILES string of the molecule is CCOC(=O)c1ccc(NC(=O)C2CN(S(=O)(=O)Cc3ccccc3)c3ccccc3O2)cc1. The summed E-state index contributed by atoms with van der Waals surface area (Å²) in [5.41, 5.74) is 1.84. The van der Waals surface area contributed by atoms with Crippen LogP contribution in [0.1, 0.15) is 22.8 Å². The largest absolute Gasteiger partial charge is 0.476 e. The number of para-hydroxylation sites is 2. The van der Waals surface area contributed by atoms with E-state index in [1.54, 1.807) is 79.7 Å². The van der Waals surface area contributed by atoms with E-state index >= 15 is 0 Å². The Morgan fingerprint density at radius 2 is 1.68 bits per heavy atom. The number of fused-ring (bicyclic) bond motifs is 1. The van der Waals surface area contributed by atoms with Crippen molar-refractivity contribution in [2.75, 3.05) is 22.8 Å². The molecule has 1 N–H and O–H groups in total. The minimum atomic E-state index is -3.79. The molecule has 3 aromatic carbocycles. The number of hydrogen-bond donors (Lipinski definition) is 1. The van der Waals surface area contributed by atoms with Crippen LogP contribution in [0, 0.1) is 0 Å². The first-order chi connectivity index (χ1) is 16.4. The quantitative estimate of drug-likeness (QED) is 0.519. The van der Waals surface area contributed by atoms with Crippen molar-refractivity contribution in [2.24, 2.45) is 0 Å². The predicted molar refractivity (Wildman–Crippen MR) is 128 cm³/mol. The highest BCUT2D eigenvalue weighted by atomic mass is 32.2. The number of benzene rings is 3. The molecule has 0 aromatic heterocycles. The number of esters is 1. The second-order valence-electron chi connectivity index (χ2n) is 7.63. The van der Waals surface area contributed by atoms with Crippen LogP contribution in [0.15, 0.2) is 78.9 Å². The van der Waals surface area contributed by atoms with Gasteiger partial charge in [0.15, 0.2) is 6.10 Å². The van der Waals surface area contributed by atoms with E-state index in [-0.39, 0.29) is 18.9 Å². The lowest BCUT2D eigenvalue weighted by atomic mass is 10.2. The van der Waals surface area contributed by atoms with E-state index in [1.165, 1.54) is 4.31 Å². The van der Waals surface area contributed by atoms with Gasteiger partial charge in [0.1, 0.15) is 5.75 Å². The lowest BCUT2D eigenvalue weighted by Gasteiger charge is -2.34. The van der Waals surface area contributed by atoms with Crippen LogP contribution in [0.25, 0.3) is 0 Å². The van der Waals surface area contributed by atoms with Gasteiger partial charge >= 0.3 is 5.97 Å². The molecule has 0 spiro atoms. The number of hydrogen-bond acceptors (Lipinski definition) is 6. The summed E-state index contributed by atoms with van der Waals surface area (Å²) in [5, 5.41) is 2.72. The molecule has 1 aliphatic heterocycles. The van der Waals surface area contributed by atoms with Gasteiger partial charge in [0.2, 0.25) is 10.0 Å². The van der Waals surface area contributed by atoms with Crippen LogP contribution in [-0.2, 0) is 25.3 Å². The monoisotopic (exact) mass is 480 g/mol. The van der Waals surface area contributed by atoms with Crippen molar-refractivity contribution >= 4 is 33.3 Å². The third-order valence-corrected chi connectivity index (χ3v) is 6.93. The smallest absolute Gasteiger partial charge is 0.338 e. The zero-order valence-corrected chi connectivity index (χ0v) is 19.3. The second kappa shape index (κ2) is 9.96. The second-order valence-corrected chi connectivity index (χ2v) is 9.53. The van der Waals surface area contributed by atoms with Gasteiger partial charge in [-0.3, -0.25) is 9.10 Å². The molecule has 0 radical (unpaired) electrons. The molecule has 0 fully saturated rings. The fraction of sp³-hybridized carbons (Fsp3) is 0.200. The first-order valence-electron chi connectivity index (χ1n) is 10.8. The van der Waals surface area contributed by atoms with Gasteiger partial charge in [0.05, 0.1) is 30.2 Å². The summed E-state index contributed by atoms with van der Waals surface area (Å²) in [4.78, 5) is 24.8. The molecule has 3 aromatic rings. The number of anilines is 2. The third-order valence-electron chi connectivity index (χ3n) is 5.22. The Labute approximate surface area is 198 Å². The number of nitrogens with zero attached hydrogens (tertiary/aromatic N) is 1. The van der Waals surface area contributed by atoms with Crippen molar-refractivity contribution in [1.29, 1.82) is 0 Å². The lowest BCUT2D eigenvalue weighted by Crippen LogP contribution is -2.49. The van der Waals surface area contributed by atoms with Crippen molar-refractivity contribution < 1.29 is 27.5 Å². The van der Waals surface area contributed by atoms with E-state index in [0.29, 0.717) is 28.3 Å².